The number of methoxy groups -OCH3 is 1. The number of aryl methyl sites for hydroxylation is 2. The van der Waals surface area contributed by atoms with Crippen LogP contribution in [0.4, 0.5) is 0 Å². The summed E-state index contributed by atoms with van der Waals surface area (Å²) >= 11 is 3.21. The second-order valence-electron chi connectivity index (χ2n) is 5.46. The molecule has 0 N–H and O–H groups in total. The first kappa shape index (κ1) is 15.3. The second-order valence-corrected chi connectivity index (χ2v) is 7.60. The van der Waals surface area contributed by atoms with Crippen molar-refractivity contribution in [3.8, 4) is 6.07 Å². The molecule has 114 valence electrons. The Balaban J connectivity index is 2.23. The topological polar surface area (TPSA) is 50.1 Å². The summed E-state index contributed by atoms with van der Waals surface area (Å²) in [7, 11) is 1.40. The van der Waals surface area contributed by atoms with Crippen LogP contribution in [0.5, 0.6) is 0 Å². The molecule has 1 unspecified atom stereocenters. The average molecular weight is 331 g/mol. The van der Waals surface area contributed by atoms with Gasteiger partial charge in [0.2, 0.25) is 0 Å². The first-order valence-electron chi connectivity index (χ1n) is 7.36. The molecular weight excluding hydrogens is 314 g/mol. The summed E-state index contributed by atoms with van der Waals surface area (Å²) in [5.74, 6) is -0.313. The maximum atomic E-state index is 11.9. The third kappa shape index (κ3) is 2.18. The van der Waals surface area contributed by atoms with Crippen LogP contribution in [0.2, 0.25) is 0 Å². The number of ether oxygens (including phenoxy) is 1. The van der Waals surface area contributed by atoms with E-state index in [1.807, 2.05) is 6.07 Å². The van der Waals surface area contributed by atoms with Gasteiger partial charge >= 0.3 is 5.97 Å². The zero-order valence-corrected chi connectivity index (χ0v) is 14.3. The fourth-order valence-electron chi connectivity index (χ4n) is 3.28. The summed E-state index contributed by atoms with van der Waals surface area (Å²) in [5, 5.41) is 12.1. The molecule has 2 heterocycles. The number of nitrogens with zero attached hydrogens (tertiary/aromatic N) is 1. The zero-order valence-electron chi connectivity index (χ0n) is 12.6. The highest BCUT2D eigenvalue weighted by Crippen LogP contribution is 2.46. The number of rotatable bonds is 3. The quantitative estimate of drug-likeness (QED) is 0.788. The highest BCUT2D eigenvalue weighted by atomic mass is 32.1. The summed E-state index contributed by atoms with van der Waals surface area (Å²) in [5.41, 5.74) is 1.52. The van der Waals surface area contributed by atoms with Crippen LogP contribution in [0.25, 0.3) is 0 Å². The Morgan fingerprint density at radius 1 is 1.41 bits per heavy atom. The van der Waals surface area contributed by atoms with Gasteiger partial charge in [-0.15, -0.1) is 22.7 Å². The van der Waals surface area contributed by atoms with E-state index in [4.69, 9.17) is 4.74 Å². The van der Waals surface area contributed by atoms with Gasteiger partial charge < -0.3 is 4.74 Å². The molecule has 2 aromatic rings. The predicted molar refractivity (Wildman–Crippen MR) is 88.7 cm³/mol. The molecule has 0 saturated heterocycles. The smallest absolute Gasteiger partial charge is 0.348 e. The van der Waals surface area contributed by atoms with Crippen molar-refractivity contribution in [1.29, 1.82) is 5.26 Å². The molecule has 1 aliphatic carbocycles. The van der Waals surface area contributed by atoms with Crippen LogP contribution in [0.1, 0.15) is 50.3 Å². The highest BCUT2D eigenvalue weighted by Gasteiger charge is 2.41. The number of carbonyl (C=O) groups excluding carboxylic acids is 1. The molecule has 0 spiro atoms. The Morgan fingerprint density at radius 3 is 2.86 bits per heavy atom. The standard InChI is InChI=1S/C17H17NO2S2/c1-3-7-17(10-18)11-6-8-21-13(11)4-5-14-12(17)9-15(22-14)16(19)20-2/h6,8-9H,3-5,7H2,1-2H3. The minimum Gasteiger partial charge on any atom is -0.465 e. The van der Waals surface area contributed by atoms with Crippen molar-refractivity contribution in [3.63, 3.8) is 0 Å². The van der Waals surface area contributed by atoms with E-state index in [0.29, 0.717) is 4.88 Å². The minimum absolute atomic E-state index is 0.313. The van der Waals surface area contributed by atoms with Gasteiger partial charge in [0, 0.05) is 9.75 Å². The molecule has 0 fully saturated rings. The van der Waals surface area contributed by atoms with E-state index in [1.54, 1.807) is 11.3 Å². The van der Waals surface area contributed by atoms with E-state index >= 15 is 0 Å². The van der Waals surface area contributed by atoms with Crippen LogP contribution in [-0.4, -0.2) is 13.1 Å². The molecule has 0 aromatic carbocycles. The van der Waals surface area contributed by atoms with Crippen molar-refractivity contribution in [2.45, 2.75) is 38.0 Å². The number of fused-ring (bicyclic) bond motifs is 2. The summed E-state index contributed by atoms with van der Waals surface area (Å²) < 4.78 is 4.85. The third-order valence-corrected chi connectivity index (χ3v) is 6.41. The molecule has 0 aliphatic heterocycles. The first-order valence-corrected chi connectivity index (χ1v) is 9.05. The van der Waals surface area contributed by atoms with Crippen molar-refractivity contribution in [2.24, 2.45) is 0 Å². The van der Waals surface area contributed by atoms with Crippen molar-refractivity contribution in [1.82, 2.24) is 0 Å². The van der Waals surface area contributed by atoms with Gasteiger partial charge in [-0.1, -0.05) is 13.3 Å². The highest BCUT2D eigenvalue weighted by molar-refractivity contribution is 7.14. The number of nitriles is 1. The number of hydrogen-bond acceptors (Lipinski definition) is 5. The molecule has 0 bridgehead atoms. The SMILES string of the molecule is CCCC1(C#N)c2ccsc2CCc2sc(C(=O)OC)cc21. The van der Waals surface area contributed by atoms with E-state index in [0.717, 1.165) is 41.7 Å². The maximum absolute atomic E-state index is 11.9. The van der Waals surface area contributed by atoms with E-state index in [-0.39, 0.29) is 5.97 Å². The number of esters is 1. The Kier molecular flexibility index (Phi) is 4.07. The summed E-state index contributed by atoms with van der Waals surface area (Å²) in [6.45, 7) is 2.10. The molecule has 3 nitrogen and oxygen atoms in total. The monoisotopic (exact) mass is 331 g/mol. The molecule has 0 radical (unpaired) electrons. The molecule has 0 amide bonds. The van der Waals surface area contributed by atoms with Gasteiger partial charge in [-0.05, 0) is 47.9 Å². The van der Waals surface area contributed by atoms with E-state index in [1.165, 1.54) is 23.3 Å². The van der Waals surface area contributed by atoms with Gasteiger partial charge in [0.25, 0.3) is 0 Å². The van der Waals surface area contributed by atoms with Crippen LogP contribution >= 0.6 is 22.7 Å². The molecule has 2 aromatic heterocycles. The zero-order chi connectivity index (χ0) is 15.7. The third-order valence-electron chi connectivity index (χ3n) is 4.26. The Hall–Kier alpha value is -1.64. The lowest BCUT2D eigenvalue weighted by Gasteiger charge is -2.26. The normalized spacial score (nSPS) is 19.7. The Bertz CT molecular complexity index is 753. The van der Waals surface area contributed by atoms with E-state index < -0.39 is 5.41 Å². The van der Waals surface area contributed by atoms with E-state index in [2.05, 4.69) is 24.4 Å². The molecule has 5 heteroatoms. The molecule has 0 saturated carbocycles. The number of thiophene rings is 2. The lowest BCUT2D eigenvalue weighted by atomic mass is 9.73. The molecule has 3 rings (SSSR count). The van der Waals surface area contributed by atoms with Crippen molar-refractivity contribution in [2.75, 3.05) is 7.11 Å². The molecule has 1 aliphatic rings. The lowest BCUT2D eigenvalue weighted by molar-refractivity contribution is 0.0606. The van der Waals surface area contributed by atoms with Crippen molar-refractivity contribution < 1.29 is 9.53 Å². The van der Waals surface area contributed by atoms with Gasteiger partial charge in [-0.25, -0.2) is 4.79 Å². The fourth-order valence-corrected chi connectivity index (χ4v) is 5.40. The van der Waals surface area contributed by atoms with Crippen LogP contribution in [-0.2, 0) is 23.0 Å². The maximum Gasteiger partial charge on any atom is 0.348 e. The fraction of sp³-hybridized carbons (Fsp3) is 0.412. The van der Waals surface area contributed by atoms with Gasteiger partial charge in [-0.2, -0.15) is 5.26 Å². The molecule has 22 heavy (non-hydrogen) atoms. The largest absolute Gasteiger partial charge is 0.465 e. The van der Waals surface area contributed by atoms with Gasteiger partial charge in [0.15, 0.2) is 0 Å². The Labute approximate surface area is 138 Å². The van der Waals surface area contributed by atoms with Gasteiger partial charge in [-0.3, -0.25) is 0 Å². The second kappa shape index (κ2) is 5.86. The molecular formula is C17H17NO2S2. The van der Waals surface area contributed by atoms with E-state index in [9.17, 15) is 10.1 Å². The predicted octanol–water partition coefficient (Wildman–Crippen LogP) is 4.30. The van der Waals surface area contributed by atoms with Crippen LogP contribution < -0.4 is 0 Å². The van der Waals surface area contributed by atoms with Crippen LogP contribution in [0.3, 0.4) is 0 Å². The van der Waals surface area contributed by atoms with Gasteiger partial charge in [0.05, 0.1) is 13.2 Å². The van der Waals surface area contributed by atoms with Crippen LogP contribution in [0, 0.1) is 11.3 Å². The molecule has 1 atom stereocenters. The van der Waals surface area contributed by atoms with Crippen LogP contribution in [0.15, 0.2) is 17.5 Å². The number of hydrogen-bond donors (Lipinski definition) is 0. The number of carbonyl (C=O) groups is 1. The van der Waals surface area contributed by atoms with Gasteiger partial charge in [0.1, 0.15) is 10.3 Å². The minimum atomic E-state index is -0.626. The van der Waals surface area contributed by atoms with Crippen molar-refractivity contribution >= 4 is 28.6 Å². The first-order chi connectivity index (χ1) is 10.7. The summed E-state index contributed by atoms with van der Waals surface area (Å²) in [6, 6.07) is 6.56. The lowest BCUT2D eigenvalue weighted by Crippen LogP contribution is -2.25. The summed E-state index contributed by atoms with van der Waals surface area (Å²) in [4.78, 5) is 14.9. The average Bonchev–Trinajstić information content (AvgIpc) is 3.15. The van der Waals surface area contributed by atoms with Crippen molar-refractivity contribution in [3.05, 3.63) is 43.3 Å². The Morgan fingerprint density at radius 2 is 2.18 bits per heavy atom. The summed E-state index contributed by atoms with van der Waals surface area (Å²) in [6.07, 6.45) is 3.52.